The molecule has 10 aromatic rings. The predicted molar refractivity (Wildman–Crippen MR) is 258 cm³/mol. The molecule has 1 aromatic heterocycles. The molecular weight excluding hydrogens is 755 g/mol. The van der Waals surface area contributed by atoms with E-state index < -0.39 is 6.29 Å². The van der Waals surface area contributed by atoms with Crippen LogP contribution in [0.3, 0.4) is 0 Å². The van der Waals surface area contributed by atoms with E-state index in [0.717, 1.165) is 67.3 Å². The van der Waals surface area contributed by atoms with Gasteiger partial charge in [0, 0.05) is 39.0 Å². The van der Waals surface area contributed by atoms with E-state index in [9.17, 15) is 0 Å². The Hall–Kier alpha value is -7.99. The van der Waals surface area contributed by atoms with Gasteiger partial charge in [0.1, 0.15) is 12.0 Å². The van der Waals surface area contributed by atoms with E-state index in [1.807, 2.05) is 0 Å². The second kappa shape index (κ2) is 16.2. The lowest BCUT2D eigenvalue weighted by Gasteiger charge is -2.33. The summed E-state index contributed by atoms with van der Waals surface area (Å²) >= 11 is 0. The number of benzene rings is 9. The topological polar surface area (TPSA) is 44.6 Å². The lowest BCUT2D eigenvalue weighted by molar-refractivity contribution is 0.341. The van der Waals surface area contributed by atoms with Crippen LogP contribution < -0.4 is 15.5 Å². The third-order valence-corrected chi connectivity index (χ3v) is 11.9. The van der Waals surface area contributed by atoms with Gasteiger partial charge in [-0.05, 0) is 81.9 Å². The molecule has 0 radical (unpaired) electrons. The molecule has 2 N–H and O–H groups in total. The zero-order valence-corrected chi connectivity index (χ0v) is 34.0. The van der Waals surface area contributed by atoms with Crippen molar-refractivity contribution < 1.29 is 0 Å². The van der Waals surface area contributed by atoms with E-state index in [0.29, 0.717) is 0 Å². The van der Waals surface area contributed by atoms with Crippen molar-refractivity contribution in [3.63, 3.8) is 0 Å². The molecule has 11 rings (SSSR count). The Morgan fingerprint density at radius 1 is 0.403 bits per heavy atom. The number of rotatable bonds is 9. The normalized spacial score (nSPS) is 14.9. The van der Waals surface area contributed by atoms with Crippen molar-refractivity contribution in [2.75, 3.05) is 4.90 Å². The van der Waals surface area contributed by atoms with Crippen molar-refractivity contribution in [2.24, 2.45) is 4.99 Å². The Kier molecular flexibility index (Phi) is 9.69. The van der Waals surface area contributed by atoms with Crippen LogP contribution in [0.5, 0.6) is 0 Å². The second-order valence-electron chi connectivity index (χ2n) is 15.7. The Morgan fingerprint density at radius 2 is 0.903 bits per heavy atom. The maximum absolute atomic E-state index is 5.47. The van der Waals surface area contributed by atoms with Gasteiger partial charge in [-0.25, -0.2) is 4.99 Å². The highest BCUT2D eigenvalue weighted by Crippen LogP contribution is 2.40. The molecule has 0 fully saturated rings. The SMILES string of the molecule is c1ccc(C2=NC(n3c4ccccc4c4cccc(-c5ccc(-c6ccccc6)cc5)c43)NC(c3cccc(-c4ccc(N(c5ccccc5)c5ccccc5)cc4)c3)N2)cc1. The number of aromatic nitrogens is 1. The monoisotopic (exact) mass is 797 g/mol. The summed E-state index contributed by atoms with van der Waals surface area (Å²) in [6.07, 6.45) is -0.666. The number of nitrogens with zero attached hydrogens (tertiary/aromatic N) is 3. The molecule has 1 aliphatic rings. The minimum atomic E-state index is -0.423. The first-order chi connectivity index (χ1) is 30.7. The Labute approximate surface area is 361 Å². The molecule has 0 amide bonds. The van der Waals surface area contributed by atoms with Gasteiger partial charge < -0.3 is 14.8 Å². The maximum atomic E-state index is 5.47. The molecule has 1 aliphatic heterocycles. The fourth-order valence-electron chi connectivity index (χ4n) is 8.90. The molecule has 0 spiro atoms. The lowest BCUT2D eigenvalue weighted by Crippen LogP contribution is -2.46. The van der Waals surface area contributed by atoms with Crippen molar-refractivity contribution in [1.29, 1.82) is 0 Å². The smallest absolute Gasteiger partial charge is 0.184 e. The van der Waals surface area contributed by atoms with Crippen molar-refractivity contribution >= 4 is 44.7 Å². The molecule has 2 unspecified atom stereocenters. The third-order valence-electron chi connectivity index (χ3n) is 11.9. The highest BCUT2D eigenvalue weighted by atomic mass is 15.4. The van der Waals surface area contributed by atoms with Crippen LogP contribution in [0, 0.1) is 0 Å². The maximum Gasteiger partial charge on any atom is 0.184 e. The van der Waals surface area contributed by atoms with Gasteiger partial charge in [-0.1, -0.05) is 188 Å². The number of fused-ring (bicyclic) bond motifs is 3. The Balaban J connectivity index is 0.985. The Bertz CT molecular complexity index is 3120. The van der Waals surface area contributed by atoms with E-state index in [1.54, 1.807) is 0 Å². The zero-order valence-electron chi connectivity index (χ0n) is 34.0. The lowest BCUT2D eigenvalue weighted by atomic mass is 9.98. The number of aliphatic imine (C=N–C) groups is 1. The van der Waals surface area contributed by atoms with Crippen LogP contribution in [-0.4, -0.2) is 10.4 Å². The fourth-order valence-corrected chi connectivity index (χ4v) is 8.90. The first-order valence-corrected chi connectivity index (χ1v) is 21.2. The van der Waals surface area contributed by atoms with E-state index in [4.69, 9.17) is 4.99 Å². The van der Waals surface area contributed by atoms with Crippen LogP contribution in [0.25, 0.3) is 55.2 Å². The van der Waals surface area contributed by atoms with Crippen LogP contribution in [-0.2, 0) is 0 Å². The van der Waals surface area contributed by atoms with Gasteiger partial charge in [-0.2, -0.15) is 0 Å². The van der Waals surface area contributed by atoms with Gasteiger partial charge in [0.15, 0.2) is 6.29 Å². The number of nitrogens with one attached hydrogen (secondary N) is 2. The van der Waals surface area contributed by atoms with Crippen molar-refractivity contribution in [1.82, 2.24) is 15.2 Å². The minimum Gasteiger partial charge on any atom is -0.350 e. The molecule has 296 valence electrons. The predicted octanol–water partition coefficient (Wildman–Crippen LogP) is 14.1. The summed E-state index contributed by atoms with van der Waals surface area (Å²) in [5, 5.41) is 10.2. The van der Waals surface area contributed by atoms with Crippen LogP contribution in [0.15, 0.2) is 242 Å². The van der Waals surface area contributed by atoms with Gasteiger partial charge in [0.2, 0.25) is 0 Å². The Morgan fingerprint density at radius 3 is 1.60 bits per heavy atom. The molecule has 5 nitrogen and oxygen atoms in total. The molecule has 0 saturated heterocycles. The number of hydrogen-bond donors (Lipinski definition) is 2. The number of hydrogen-bond acceptors (Lipinski definition) is 4. The fraction of sp³-hybridized carbons (Fsp3) is 0.0351. The molecule has 62 heavy (non-hydrogen) atoms. The van der Waals surface area contributed by atoms with Gasteiger partial charge in [-0.15, -0.1) is 0 Å². The molecular formula is C57H43N5. The molecule has 2 atom stereocenters. The third kappa shape index (κ3) is 7.00. The van der Waals surface area contributed by atoms with Crippen LogP contribution >= 0.6 is 0 Å². The first kappa shape index (κ1) is 37.0. The minimum absolute atomic E-state index is 0.243. The molecule has 2 heterocycles. The summed E-state index contributed by atoms with van der Waals surface area (Å²) in [5.74, 6) is 0.839. The van der Waals surface area contributed by atoms with Crippen LogP contribution in [0.1, 0.15) is 23.6 Å². The standard InChI is InChI=1S/C57H43N5/c1-5-17-40(18-6-1)41-31-33-43(34-32-41)50-28-16-29-52-51-27-13-14-30-53(51)62(54(50)52)57-59-55(44-19-7-2-8-20-44)58-56(60-57)46-22-15-21-45(39-46)42-35-37-49(38-36-42)61(47-23-9-3-10-24-47)48-25-11-4-12-26-48/h1-39,56-57,60H,(H,58,59). The number of amidine groups is 1. The summed E-state index contributed by atoms with van der Waals surface area (Å²) in [6.45, 7) is 0. The summed E-state index contributed by atoms with van der Waals surface area (Å²) in [7, 11) is 0. The summed E-state index contributed by atoms with van der Waals surface area (Å²) in [6, 6.07) is 84.1. The average Bonchev–Trinajstić information content (AvgIpc) is 3.70. The average molecular weight is 798 g/mol. The van der Waals surface area contributed by atoms with Crippen molar-refractivity contribution in [2.45, 2.75) is 12.5 Å². The molecule has 0 bridgehead atoms. The quantitative estimate of drug-likeness (QED) is 0.153. The number of para-hydroxylation sites is 4. The zero-order chi connectivity index (χ0) is 41.2. The summed E-state index contributed by atoms with van der Waals surface area (Å²) in [5.41, 5.74) is 14.8. The summed E-state index contributed by atoms with van der Waals surface area (Å²) in [4.78, 5) is 7.76. The first-order valence-electron chi connectivity index (χ1n) is 21.2. The largest absolute Gasteiger partial charge is 0.350 e. The van der Waals surface area contributed by atoms with Crippen LogP contribution in [0.4, 0.5) is 17.1 Å². The van der Waals surface area contributed by atoms with Crippen molar-refractivity contribution in [3.05, 3.63) is 248 Å². The van der Waals surface area contributed by atoms with Gasteiger partial charge in [0.25, 0.3) is 0 Å². The van der Waals surface area contributed by atoms with E-state index >= 15 is 0 Å². The summed E-state index contributed by atoms with van der Waals surface area (Å²) < 4.78 is 2.40. The van der Waals surface area contributed by atoms with Gasteiger partial charge in [0.05, 0.1) is 11.0 Å². The highest BCUT2D eigenvalue weighted by Gasteiger charge is 2.29. The van der Waals surface area contributed by atoms with Gasteiger partial charge >= 0.3 is 0 Å². The van der Waals surface area contributed by atoms with Crippen molar-refractivity contribution in [3.8, 4) is 33.4 Å². The van der Waals surface area contributed by atoms with E-state index in [1.165, 1.54) is 21.9 Å². The van der Waals surface area contributed by atoms with Crippen LogP contribution in [0.2, 0.25) is 0 Å². The van der Waals surface area contributed by atoms with E-state index in [-0.39, 0.29) is 6.17 Å². The molecule has 5 heteroatoms. The second-order valence-corrected chi connectivity index (χ2v) is 15.7. The molecule has 0 aliphatic carbocycles. The van der Waals surface area contributed by atoms with Gasteiger partial charge in [-0.3, -0.25) is 5.32 Å². The molecule has 9 aromatic carbocycles. The number of anilines is 3. The highest BCUT2D eigenvalue weighted by molar-refractivity contribution is 6.13. The van der Waals surface area contributed by atoms with E-state index in [2.05, 4.69) is 257 Å². The molecule has 0 saturated carbocycles.